The van der Waals surface area contributed by atoms with Gasteiger partial charge in [-0.1, -0.05) is 26.8 Å². The number of methoxy groups -OCH3 is 1. The van der Waals surface area contributed by atoms with E-state index in [1.165, 1.54) is 5.56 Å². The molecule has 0 fully saturated rings. The number of nitrogens with zero attached hydrogens (tertiary/aromatic N) is 2. The Morgan fingerprint density at radius 2 is 1.95 bits per heavy atom. The van der Waals surface area contributed by atoms with E-state index in [0.29, 0.717) is 6.54 Å². The standard InChI is InChI=1S/C17H25N3O/c1-6-20-13(11-18)10-15(19-20)14-9-12(17(2,3)4)7-8-16(14)21-5/h7-10H,6,11,18H2,1-5H3. The average Bonchev–Trinajstić information content (AvgIpc) is 2.88. The van der Waals surface area contributed by atoms with E-state index in [4.69, 9.17) is 10.5 Å². The third-order valence-corrected chi connectivity index (χ3v) is 3.71. The van der Waals surface area contributed by atoms with Crippen LogP contribution in [0, 0.1) is 0 Å². The molecule has 1 aromatic carbocycles. The number of nitrogens with two attached hydrogens (primary N) is 1. The van der Waals surface area contributed by atoms with Crippen LogP contribution in [0.15, 0.2) is 24.3 Å². The van der Waals surface area contributed by atoms with Crippen molar-refractivity contribution in [2.45, 2.75) is 46.2 Å². The summed E-state index contributed by atoms with van der Waals surface area (Å²) >= 11 is 0. The summed E-state index contributed by atoms with van der Waals surface area (Å²) in [7, 11) is 1.69. The van der Waals surface area contributed by atoms with Gasteiger partial charge in [-0.15, -0.1) is 0 Å². The number of benzene rings is 1. The Balaban J connectivity index is 2.58. The lowest BCUT2D eigenvalue weighted by atomic mass is 9.85. The van der Waals surface area contributed by atoms with Crippen molar-refractivity contribution in [3.8, 4) is 17.0 Å². The van der Waals surface area contributed by atoms with Crippen molar-refractivity contribution < 1.29 is 4.74 Å². The third-order valence-electron chi connectivity index (χ3n) is 3.71. The maximum absolute atomic E-state index is 5.80. The molecule has 1 heterocycles. The molecule has 4 heteroatoms. The first kappa shape index (κ1) is 15.6. The molecule has 0 radical (unpaired) electrons. The molecule has 2 rings (SSSR count). The molecule has 0 aliphatic heterocycles. The van der Waals surface area contributed by atoms with Crippen LogP contribution in [0.25, 0.3) is 11.3 Å². The fourth-order valence-electron chi connectivity index (χ4n) is 2.40. The molecule has 2 N–H and O–H groups in total. The van der Waals surface area contributed by atoms with Crippen molar-refractivity contribution >= 4 is 0 Å². The second-order valence-electron chi connectivity index (χ2n) is 6.21. The molecule has 0 spiro atoms. The van der Waals surface area contributed by atoms with Crippen LogP contribution in [0.5, 0.6) is 5.75 Å². The zero-order valence-corrected chi connectivity index (χ0v) is 13.6. The summed E-state index contributed by atoms with van der Waals surface area (Å²) in [5.41, 5.74) is 10.1. The highest BCUT2D eigenvalue weighted by Gasteiger charge is 2.18. The molecule has 0 unspecified atom stereocenters. The fraction of sp³-hybridized carbons (Fsp3) is 0.471. The van der Waals surface area contributed by atoms with Crippen molar-refractivity contribution in [3.63, 3.8) is 0 Å². The van der Waals surface area contributed by atoms with Gasteiger partial charge in [0.15, 0.2) is 0 Å². The minimum absolute atomic E-state index is 0.0883. The summed E-state index contributed by atoms with van der Waals surface area (Å²) in [5.74, 6) is 0.840. The van der Waals surface area contributed by atoms with E-state index in [-0.39, 0.29) is 5.41 Å². The summed E-state index contributed by atoms with van der Waals surface area (Å²) in [6.07, 6.45) is 0. The van der Waals surface area contributed by atoms with Gasteiger partial charge in [0, 0.05) is 18.7 Å². The van der Waals surface area contributed by atoms with Crippen LogP contribution in [0.3, 0.4) is 0 Å². The molecule has 1 aromatic heterocycles. The average molecular weight is 287 g/mol. The molecule has 21 heavy (non-hydrogen) atoms. The van der Waals surface area contributed by atoms with Crippen LogP contribution in [-0.4, -0.2) is 16.9 Å². The van der Waals surface area contributed by atoms with Gasteiger partial charge in [0.2, 0.25) is 0 Å². The van der Waals surface area contributed by atoms with Gasteiger partial charge >= 0.3 is 0 Å². The van der Waals surface area contributed by atoms with E-state index < -0.39 is 0 Å². The molecule has 0 saturated carbocycles. The molecule has 0 aliphatic rings. The predicted molar refractivity (Wildman–Crippen MR) is 86.5 cm³/mol. The minimum atomic E-state index is 0.0883. The maximum Gasteiger partial charge on any atom is 0.128 e. The molecular formula is C17H25N3O. The van der Waals surface area contributed by atoms with Crippen molar-refractivity contribution in [3.05, 3.63) is 35.5 Å². The first-order valence-corrected chi connectivity index (χ1v) is 7.36. The van der Waals surface area contributed by atoms with Crippen LogP contribution >= 0.6 is 0 Å². The third kappa shape index (κ3) is 3.10. The Morgan fingerprint density at radius 1 is 1.24 bits per heavy atom. The summed E-state index contributed by atoms with van der Waals surface area (Å²) in [6.45, 7) is 9.98. The van der Waals surface area contributed by atoms with Crippen LogP contribution in [-0.2, 0) is 18.5 Å². The lowest BCUT2D eigenvalue weighted by molar-refractivity contribution is 0.415. The smallest absolute Gasteiger partial charge is 0.128 e. The first-order valence-electron chi connectivity index (χ1n) is 7.36. The normalized spacial score (nSPS) is 11.7. The minimum Gasteiger partial charge on any atom is -0.496 e. The second kappa shape index (κ2) is 5.90. The van der Waals surface area contributed by atoms with Crippen molar-refractivity contribution in [2.75, 3.05) is 7.11 Å². The van der Waals surface area contributed by atoms with Gasteiger partial charge in [-0.3, -0.25) is 4.68 Å². The summed E-state index contributed by atoms with van der Waals surface area (Å²) in [6, 6.07) is 8.35. The van der Waals surface area contributed by atoms with Crippen LogP contribution in [0.1, 0.15) is 39.0 Å². The largest absolute Gasteiger partial charge is 0.496 e. The second-order valence-corrected chi connectivity index (χ2v) is 6.21. The van der Waals surface area contributed by atoms with E-state index in [1.807, 2.05) is 16.8 Å². The Morgan fingerprint density at radius 3 is 2.43 bits per heavy atom. The van der Waals surface area contributed by atoms with E-state index in [9.17, 15) is 0 Å². The molecule has 0 bridgehead atoms. The number of rotatable bonds is 4. The Bertz CT molecular complexity index is 602. The predicted octanol–water partition coefficient (Wildman–Crippen LogP) is 3.33. The summed E-state index contributed by atoms with van der Waals surface area (Å²) in [4.78, 5) is 0. The molecule has 2 aromatic rings. The highest BCUT2D eigenvalue weighted by atomic mass is 16.5. The van der Waals surface area contributed by atoms with Gasteiger partial charge in [0.1, 0.15) is 5.75 Å². The monoisotopic (exact) mass is 287 g/mol. The van der Waals surface area contributed by atoms with Crippen LogP contribution in [0.2, 0.25) is 0 Å². The molecule has 0 atom stereocenters. The van der Waals surface area contributed by atoms with Gasteiger partial charge in [-0.05, 0) is 36.1 Å². The van der Waals surface area contributed by atoms with E-state index >= 15 is 0 Å². The van der Waals surface area contributed by atoms with Crippen molar-refractivity contribution in [2.24, 2.45) is 5.73 Å². The van der Waals surface area contributed by atoms with E-state index in [1.54, 1.807) is 7.11 Å². The Kier molecular flexibility index (Phi) is 4.37. The summed E-state index contributed by atoms with van der Waals surface area (Å²) in [5, 5.41) is 4.66. The SMILES string of the molecule is CCn1nc(-c2cc(C(C)(C)C)ccc2OC)cc1CN. The highest BCUT2D eigenvalue weighted by molar-refractivity contribution is 5.68. The van der Waals surface area contributed by atoms with Gasteiger partial charge in [0.25, 0.3) is 0 Å². The molecule has 0 saturated heterocycles. The molecule has 4 nitrogen and oxygen atoms in total. The Hall–Kier alpha value is -1.81. The molecular weight excluding hydrogens is 262 g/mol. The molecule has 114 valence electrons. The first-order chi connectivity index (χ1) is 9.90. The zero-order chi connectivity index (χ0) is 15.6. The number of aromatic nitrogens is 2. The summed E-state index contributed by atoms with van der Waals surface area (Å²) < 4.78 is 7.45. The lowest BCUT2D eigenvalue weighted by Crippen LogP contribution is -2.11. The lowest BCUT2D eigenvalue weighted by Gasteiger charge is -2.20. The van der Waals surface area contributed by atoms with Gasteiger partial charge in [0.05, 0.1) is 18.5 Å². The molecule has 0 aliphatic carbocycles. The van der Waals surface area contributed by atoms with Gasteiger partial charge in [-0.2, -0.15) is 5.10 Å². The van der Waals surface area contributed by atoms with Crippen LogP contribution < -0.4 is 10.5 Å². The topological polar surface area (TPSA) is 53.1 Å². The quantitative estimate of drug-likeness (QED) is 0.938. The van der Waals surface area contributed by atoms with Crippen molar-refractivity contribution in [1.29, 1.82) is 0 Å². The number of hydrogen-bond donors (Lipinski definition) is 1. The number of aryl methyl sites for hydroxylation is 1. The van der Waals surface area contributed by atoms with E-state index in [0.717, 1.165) is 29.2 Å². The number of hydrogen-bond acceptors (Lipinski definition) is 3. The van der Waals surface area contributed by atoms with Crippen LogP contribution in [0.4, 0.5) is 0 Å². The van der Waals surface area contributed by atoms with Gasteiger partial charge < -0.3 is 10.5 Å². The van der Waals surface area contributed by atoms with E-state index in [2.05, 4.69) is 44.9 Å². The fourth-order valence-corrected chi connectivity index (χ4v) is 2.40. The van der Waals surface area contributed by atoms with Crippen molar-refractivity contribution in [1.82, 2.24) is 9.78 Å². The zero-order valence-electron chi connectivity index (χ0n) is 13.6. The maximum atomic E-state index is 5.80. The van der Waals surface area contributed by atoms with Gasteiger partial charge in [-0.25, -0.2) is 0 Å². The molecule has 0 amide bonds. The Labute approximate surface area is 126 Å². The number of ether oxygens (including phenoxy) is 1. The highest BCUT2D eigenvalue weighted by Crippen LogP contribution is 2.34.